The first kappa shape index (κ1) is 12.0. The molecule has 96 valence electrons. The number of rotatable bonds is 2. The number of hydrogen-bond donors (Lipinski definition) is 1. The molecule has 2 bridgehead atoms. The number of piperidine rings is 1. The molecule has 2 aliphatic heterocycles. The van der Waals surface area contributed by atoms with Gasteiger partial charge >= 0.3 is 0 Å². The van der Waals surface area contributed by atoms with E-state index in [2.05, 4.69) is 49.5 Å². The first-order valence-electron chi connectivity index (χ1n) is 7.23. The van der Waals surface area contributed by atoms with Crippen molar-refractivity contribution in [2.24, 2.45) is 5.92 Å². The van der Waals surface area contributed by atoms with Crippen molar-refractivity contribution in [3.63, 3.8) is 0 Å². The first-order chi connectivity index (χ1) is 8.72. The molecule has 18 heavy (non-hydrogen) atoms. The average molecular weight is 241 g/mol. The number of nitrogens with one attached hydrogen (secondary N) is 1. The molecule has 1 nitrogen and oxygen atoms in total. The van der Waals surface area contributed by atoms with Crippen LogP contribution in [0.4, 0.5) is 0 Å². The SMILES string of the molecule is Cc1cccc(C)c1/C=C/C1CC2CCC(C1)N2. The van der Waals surface area contributed by atoms with E-state index in [1.165, 1.54) is 42.4 Å². The van der Waals surface area contributed by atoms with Crippen molar-refractivity contribution in [3.05, 3.63) is 41.0 Å². The van der Waals surface area contributed by atoms with Crippen molar-refractivity contribution in [1.82, 2.24) is 5.32 Å². The lowest BCUT2D eigenvalue weighted by Gasteiger charge is -2.27. The lowest BCUT2D eigenvalue weighted by Crippen LogP contribution is -2.37. The van der Waals surface area contributed by atoms with Crippen LogP contribution < -0.4 is 5.32 Å². The molecule has 0 aliphatic carbocycles. The molecule has 1 heteroatoms. The predicted molar refractivity (Wildman–Crippen MR) is 77.6 cm³/mol. The van der Waals surface area contributed by atoms with Crippen LogP contribution in [-0.2, 0) is 0 Å². The van der Waals surface area contributed by atoms with Crippen LogP contribution in [0.5, 0.6) is 0 Å². The van der Waals surface area contributed by atoms with E-state index in [0.29, 0.717) is 0 Å². The van der Waals surface area contributed by atoms with Crippen molar-refractivity contribution in [3.8, 4) is 0 Å². The lowest BCUT2D eigenvalue weighted by molar-refractivity contribution is 0.345. The monoisotopic (exact) mass is 241 g/mol. The number of fused-ring (bicyclic) bond motifs is 2. The molecule has 2 aliphatic rings. The minimum absolute atomic E-state index is 0.780. The summed E-state index contributed by atoms with van der Waals surface area (Å²) >= 11 is 0. The molecule has 2 saturated heterocycles. The van der Waals surface area contributed by atoms with Crippen LogP contribution in [0.2, 0.25) is 0 Å². The van der Waals surface area contributed by atoms with Crippen LogP contribution in [0.15, 0.2) is 24.3 Å². The molecule has 2 fully saturated rings. The number of benzene rings is 1. The summed E-state index contributed by atoms with van der Waals surface area (Å²) in [4.78, 5) is 0. The summed E-state index contributed by atoms with van der Waals surface area (Å²) in [5.41, 5.74) is 4.20. The Morgan fingerprint density at radius 3 is 2.28 bits per heavy atom. The topological polar surface area (TPSA) is 12.0 Å². The predicted octanol–water partition coefficient (Wildman–Crippen LogP) is 3.85. The van der Waals surface area contributed by atoms with Crippen molar-refractivity contribution in [1.29, 1.82) is 0 Å². The fraction of sp³-hybridized carbons (Fsp3) is 0.529. The fourth-order valence-corrected chi connectivity index (χ4v) is 3.58. The Labute approximate surface area is 110 Å². The molecule has 0 spiro atoms. The van der Waals surface area contributed by atoms with Crippen LogP contribution in [-0.4, -0.2) is 12.1 Å². The van der Waals surface area contributed by atoms with Gasteiger partial charge in [-0.25, -0.2) is 0 Å². The molecular weight excluding hydrogens is 218 g/mol. The summed E-state index contributed by atoms with van der Waals surface area (Å²) in [5, 5.41) is 3.71. The third-order valence-electron chi connectivity index (χ3n) is 4.59. The van der Waals surface area contributed by atoms with E-state index in [1.54, 1.807) is 0 Å². The largest absolute Gasteiger partial charge is 0.311 e. The van der Waals surface area contributed by atoms with Gasteiger partial charge in [-0.1, -0.05) is 30.4 Å². The highest BCUT2D eigenvalue weighted by Crippen LogP contribution is 2.32. The smallest absolute Gasteiger partial charge is 0.00758 e. The zero-order valence-corrected chi connectivity index (χ0v) is 11.4. The van der Waals surface area contributed by atoms with Crippen molar-refractivity contribution in [2.75, 3.05) is 0 Å². The maximum Gasteiger partial charge on any atom is 0.00758 e. The Balaban J connectivity index is 1.74. The molecule has 1 aromatic carbocycles. The van der Waals surface area contributed by atoms with Gasteiger partial charge in [-0.15, -0.1) is 0 Å². The second-order valence-electron chi connectivity index (χ2n) is 6.03. The molecule has 2 atom stereocenters. The Bertz CT molecular complexity index is 428. The van der Waals surface area contributed by atoms with Gasteiger partial charge < -0.3 is 5.32 Å². The van der Waals surface area contributed by atoms with E-state index in [9.17, 15) is 0 Å². The fourth-order valence-electron chi connectivity index (χ4n) is 3.58. The third kappa shape index (κ3) is 2.37. The van der Waals surface area contributed by atoms with E-state index in [4.69, 9.17) is 0 Å². The van der Waals surface area contributed by atoms with Crippen LogP contribution in [0, 0.1) is 19.8 Å². The molecule has 0 saturated carbocycles. The quantitative estimate of drug-likeness (QED) is 0.829. The standard InChI is InChI=1S/C17H23N/c1-12-4-3-5-13(2)17(12)9-6-14-10-15-7-8-16(11-14)18-15/h3-6,9,14-16,18H,7-8,10-11H2,1-2H3/b9-6+. The number of aryl methyl sites for hydroxylation is 2. The summed E-state index contributed by atoms with van der Waals surface area (Å²) in [6, 6.07) is 8.14. The van der Waals surface area contributed by atoms with Crippen LogP contribution in [0.1, 0.15) is 42.4 Å². The van der Waals surface area contributed by atoms with Crippen LogP contribution >= 0.6 is 0 Å². The normalized spacial score (nSPS) is 31.1. The van der Waals surface area contributed by atoms with Gasteiger partial charge in [0, 0.05) is 12.1 Å². The summed E-state index contributed by atoms with van der Waals surface area (Å²) < 4.78 is 0. The van der Waals surface area contributed by atoms with Gasteiger partial charge in [0.15, 0.2) is 0 Å². The van der Waals surface area contributed by atoms with E-state index < -0.39 is 0 Å². The molecule has 1 N–H and O–H groups in total. The van der Waals surface area contributed by atoms with E-state index in [1.807, 2.05) is 0 Å². The van der Waals surface area contributed by atoms with Gasteiger partial charge in [0.05, 0.1) is 0 Å². The minimum Gasteiger partial charge on any atom is -0.311 e. The Kier molecular flexibility index (Phi) is 3.25. The summed E-state index contributed by atoms with van der Waals surface area (Å²) in [6.45, 7) is 4.41. The zero-order valence-electron chi connectivity index (χ0n) is 11.4. The second-order valence-corrected chi connectivity index (χ2v) is 6.03. The molecule has 2 heterocycles. The maximum absolute atomic E-state index is 3.71. The van der Waals surface area contributed by atoms with E-state index in [-0.39, 0.29) is 0 Å². The molecule has 0 amide bonds. The Morgan fingerprint density at radius 2 is 1.67 bits per heavy atom. The maximum atomic E-state index is 3.71. The van der Waals surface area contributed by atoms with Gasteiger partial charge in [0.2, 0.25) is 0 Å². The zero-order chi connectivity index (χ0) is 12.5. The minimum atomic E-state index is 0.780. The Morgan fingerprint density at radius 1 is 1.06 bits per heavy atom. The number of hydrogen-bond acceptors (Lipinski definition) is 1. The lowest BCUT2D eigenvalue weighted by atomic mass is 9.91. The van der Waals surface area contributed by atoms with Gasteiger partial charge in [-0.05, 0) is 62.1 Å². The van der Waals surface area contributed by atoms with Crippen LogP contribution in [0.25, 0.3) is 6.08 Å². The van der Waals surface area contributed by atoms with Crippen molar-refractivity contribution in [2.45, 2.75) is 51.6 Å². The highest BCUT2D eigenvalue weighted by molar-refractivity contribution is 5.57. The third-order valence-corrected chi connectivity index (χ3v) is 4.59. The highest BCUT2D eigenvalue weighted by Gasteiger charge is 2.32. The average Bonchev–Trinajstić information content (AvgIpc) is 2.68. The summed E-state index contributed by atoms with van der Waals surface area (Å²) in [6.07, 6.45) is 10.3. The van der Waals surface area contributed by atoms with E-state index >= 15 is 0 Å². The van der Waals surface area contributed by atoms with E-state index in [0.717, 1.165) is 18.0 Å². The highest BCUT2D eigenvalue weighted by atomic mass is 15.0. The second kappa shape index (κ2) is 4.89. The summed E-state index contributed by atoms with van der Waals surface area (Å²) in [5.74, 6) is 0.780. The Hall–Kier alpha value is -1.08. The first-order valence-corrected chi connectivity index (χ1v) is 7.23. The molecule has 0 aromatic heterocycles. The van der Waals surface area contributed by atoms with Crippen LogP contribution in [0.3, 0.4) is 0 Å². The summed E-state index contributed by atoms with van der Waals surface area (Å²) in [7, 11) is 0. The van der Waals surface area contributed by atoms with Gasteiger partial charge in [0.25, 0.3) is 0 Å². The van der Waals surface area contributed by atoms with Gasteiger partial charge in [-0.3, -0.25) is 0 Å². The molecule has 1 aromatic rings. The van der Waals surface area contributed by atoms with Crippen molar-refractivity contribution < 1.29 is 0 Å². The van der Waals surface area contributed by atoms with Gasteiger partial charge in [-0.2, -0.15) is 0 Å². The number of allylic oxidation sites excluding steroid dienone is 1. The van der Waals surface area contributed by atoms with Crippen molar-refractivity contribution >= 4 is 6.08 Å². The molecular formula is C17H23N. The molecule has 2 unspecified atom stereocenters. The molecule has 3 rings (SSSR count). The van der Waals surface area contributed by atoms with Gasteiger partial charge in [0.1, 0.15) is 0 Å². The molecule has 0 radical (unpaired) electrons.